The van der Waals surface area contributed by atoms with Gasteiger partial charge in [-0.25, -0.2) is 9.97 Å². The highest BCUT2D eigenvalue weighted by Crippen LogP contribution is 2.20. The van der Waals surface area contributed by atoms with Crippen molar-refractivity contribution in [1.82, 2.24) is 14.9 Å². The molecule has 4 nitrogen and oxygen atoms in total. The van der Waals surface area contributed by atoms with Gasteiger partial charge in [-0.2, -0.15) is 0 Å². The van der Waals surface area contributed by atoms with E-state index in [1.165, 1.54) is 5.56 Å². The normalized spacial score (nSPS) is 12.4. The van der Waals surface area contributed by atoms with Crippen LogP contribution in [0.25, 0.3) is 0 Å². The molecule has 2 aromatic rings. The van der Waals surface area contributed by atoms with E-state index in [2.05, 4.69) is 64.4 Å². The molecule has 1 unspecified atom stereocenters. The highest BCUT2D eigenvalue weighted by Gasteiger charge is 2.17. The minimum Gasteiger partial charge on any atom is -0.352 e. The van der Waals surface area contributed by atoms with Crippen molar-refractivity contribution in [3.05, 3.63) is 53.9 Å². The van der Waals surface area contributed by atoms with Crippen molar-refractivity contribution in [3.63, 3.8) is 0 Å². The lowest BCUT2D eigenvalue weighted by atomic mass is 10.1. The molecule has 21 heavy (non-hydrogen) atoms. The predicted octanol–water partition coefficient (Wildman–Crippen LogP) is 3.28. The van der Waals surface area contributed by atoms with Gasteiger partial charge in [-0.05, 0) is 31.6 Å². The Morgan fingerprint density at radius 3 is 2.43 bits per heavy atom. The molecule has 0 bridgehead atoms. The Hall–Kier alpha value is -1.94. The van der Waals surface area contributed by atoms with Crippen molar-refractivity contribution in [2.24, 2.45) is 0 Å². The van der Waals surface area contributed by atoms with Gasteiger partial charge in [-0.1, -0.05) is 44.2 Å². The van der Waals surface area contributed by atoms with Crippen LogP contribution in [0.2, 0.25) is 0 Å². The first kappa shape index (κ1) is 15.4. The summed E-state index contributed by atoms with van der Waals surface area (Å²) in [6, 6.07) is 12.8. The Bertz CT molecular complexity index is 537. The number of nitrogens with zero attached hydrogens (tertiary/aromatic N) is 3. The van der Waals surface area contributed by atoms with Crippen LogP contribution in [0.15, 0.2) is 42.6 Å². The Morgan fingerprint density at radius 2 is 1.81 bits per heavy atom. The fraction of sp³-hybridized carbons (Fsp3) is 0.412. The van der Waals surface area contributed by atoms with E-state index in [1.807, 2.05) is 13.0 Å². The molecule has 1 heterocycles. The minimum absolute atomic E-state index is 0.324. The van der Waals surface area contributed by atoms with Gasteiger partial charge in [0.15, 0.2) is 0 Å². The van der Waals surface area contributed by atoms with E-state index in [4.69, 9.17) is 0 Å². The van der Waals surface area contributed by atoms with E-state index in [-0.39, 0.29) is 0 Å². The second kappa shape index (κ2) is 7.74. The van der Waals surface area contributed by atoms with Crippen LogP contribution in [0.1, 0.15) is 31.1 Å². The molecule has 0 saturated heterocycles. The van der Waals surface area contributed by atoms with Gasteiger partial charge in [0, 0.05) is 18.4 Å². The zero-order valence-corrected chi connectivity index (χ0v) is 13.1. The molecule has 112 valence electrons. The first-order chi connectivity index (χ1) is 10.2. The summed E-state index contributed by atoms with van der Waals surface area (Å²) in [5, 5.41) is 3.37. The maximum atomic E-state index is 4.41. The molecular formula is C17H24N4. The maximum Gasteiger partial charge on any atom is 0.222 e. The number of benzene rings is 1. The fourth-order valence-electron chi connectivity index (χ4n) is 2.52. The van der Waals surface area contributed by atoms with Gasteiger partial charge in [-0.15, -0.1) is 0 Å². The number of hydrogen-bond acceptors (Lipinski definition) is 4. The van der Waals surface area contributed by atoms with Crippen molar-refractivity contribution in [3.8, 4) is 0 Å². The Morgan fingerprint density at radius 1 is 1.10 bits per heavy atom. The van der Waals surface area contributed by atoms with Crippen LogP contribution in [0, 0.1) is 6.92 Å². The lowest BCUT2D eigenvalue weighted by Crippen LogP contribution is -2.33. The topological polar surface area (TPSA) is 41.0 Å². The third-order valence-corrected chi connectivity index (χ3v) is 3.69. The molecule has 1 atom stereocenters. The highest BCUT2D eigenvalue weighted by atomic mass is 15.2. The summed E-state index contributed by atoms with van der Waals surface area (Å²) >= 11 is 0. The van der Waals surface area contributed by atoms with Crippen molar-refractivity contribution in [2.75, 3.05) is 25.0 Å². The quantitative estimate of drug-likeness (QED) is 0.847. The van der Waals surface area contributed by atoms with E-state index in [1.54, 1.807) is 6.20 Å². The zero-order chi connectivity index (χ0) is 15.1. The van der Waals surface area contributed by atoms with E-state index in [0.717, 1.165) is 25.3 Å². The average Bonchev–Trinajstić information content (AvgIpc) is 2.52. The van der Waals surface area contributed by atoms with E-state index in [9.17, 15) is 0 Å². The van der Waals surface area contributed by atoms with Gasteiger partial charge < -0.3 is 5.32 Å². The van der Waals surface area contributed by atoms with Crippen LogP contribution in [0.3, 0.4) is 0 Å². The number of rotatable bonds is 7. The van der Waals surface area contributed by atoms with Crippen molar-refractivity contribution in [2.45, 2.75) is 26.8 Å². The SMILES string of the molecule is CCN(CC)C(CNc1nccc(C)n1)c1ccccc1. The number of aromatic nitrogens is 2. The van der Waals surface area contributed by atoms with E-state index >= 15 is 0 Å². The van der Waals surface area contributed by atoms with Crippen LogP contribution < -0.4 is 5.32 Å². The lowest BCUT2D eigenvalue weighted by molar-refractivity contribution is 0.228. The smallest absolute Gasteiger partial charge is 0.222 e. The molecule has 0 aliphatic heterocycles. The Kier molecular flexibility index (Phi) is 5.69. The van der Waals surface area contributed by atoms with Gasteiger partial charge in [0.25, 0.3) is 0 Å². The summed E-state index contributed by atoms with van der Waals surface area (Å²) in [5.41, 5.74) is 2.30. The number of hydrogen-bond donors (Lipinski definition) is 1. The van der Waals surface area contributed by atoms with E-state index < -0.39 is 0 Å². The van der Waals surface area contributed by atoms with Gasteiger partial charge in [0.2, 0.25) is 5.95 Å². The van der Waals surface area contributed by atoms with Gasteiger partial charge in [0.1, 0.15) is 0 Å². The average molecular weight is 284 g/mol. The molecule has 2 rings (SSSR count). The van der Waals surface area contributed by atoms with Crippen molar-refractivity contribution >= 4 is 5.95 Å². The molecule has 0 fully saturated rings. The van der Waals surface area contributed by atoms with Crippen LogP contribution in [-0.4, -0.2) is 34.5 Å². The molecule has 1 aromatic carbocycles. The lowest BCUT2D eigenvalue weighted by Gasteiger charge is -2.30. The van der Waals surface area contributed by atoms with Crippen LogP contribution in [0.5, 0.6) is 0 Å². The first-order valence-corrected chi connectivity index (χ1v) is 7.57. The standard InChI is InChI=1S/C17H24N4/c1-4-21(5-2)16(15-9-7-6-8-10-15)13-19-17-18-12-11-14(3)20-17/h6-12,16H,4-5,13H2,1-3H3,(H,18,19,20). The van der Waals surface area contributed by atoms with Gasteiger partial charge >= 0.3 is 0 Å². The molecule has 0 spiro atoms. The predicted molar refractivity (Wildman–Crippen MR) is 87.4 cm³/mol. The fourth-order valence-corrected chi connectivity index (χ4v) is 2.52. The summed E-state index contributed by atoms with van der Waals surface area (Å²) in [6.07, 6.45) is 1.79. The number of nitrogens with one attached hydrogen (secondary N) is 1. The second-order valence-electron chi connectivity index (χ2n) is 5.05. The molecule has 1 aromatic heterocycles. The molecule has 0 radical (unpaired) electrons. The molecule has 0 saturated carbocycles. The third-order valence-electron chi connectivity index (χ3n) is 3.69. The summed E-state index contributed by atoms with van der Waals surface area (Å²) < 4.78 is 0. The molecule has 0 aliphatic carbocycles. The van der Waals surface area contributed by atoms with Gasteiger partial charge in [0.05, 0.1) is 6.04 Å². The maximum absolute atomic E-state index is 4.41. The number of anilines is 1. The number of likely N-dealkylation sites (N-methyl/N-ethyl adjacent to an activating group) is 1. The molecule has 0 aliphatic rings. The summed E-state index contributed by atoms with van der Waals surface area (Å²) in [7, 11) is 0. The van der Waals surface area contributed by atoms with Crippen LogP contribution in [-0.2, 0) is 0 Å². The number of aryl methyl sites for hydroxylation is 1. The summed E-state index contributed by atoms with van der Waals surface area (Å²) in [4.78, 5) is 11.1. The van der Waals surface area contributed by atoms with Crippen molar-refractivity contribution < 1.29 is 0 Å². The van der Waals surface area contributed by atoms with Crippen LogP contribution in [0.4, 0.5) is 5.95 Å². The largest absolute Gasteiger partial charge is 0.352 e. The van der Waals surface area contributed by atoms with E-state index in [0.29, 0.717) is 12.0 Å². The third kappa shape index (κ3) is 4.26. The molecule has 0 amide bonds. The minimum atomic E-state index is 0.324. The van der Waals surface area contributed by atoms with Crippen LogP contribution >= 0.6 is 0 Å². The molecule has 1 N–H and O–H groups in total. The second-order valence-corrected chi connectivity index (χ2v) is 5.05. The Balaban J connectivity index is 2.13. The molecule has 4 heteroatoms. The summed E-state index contributed by atoms with van der Waals surface area (Å²) in [5.74, 6) is 0.697. The molecular weight excluding hydrogens is 260 g/mol. The highest BCUT2D eigenvalue weighted by molar-refractivity contribution is 5.27. The summed E-state index contributed by atoms with van der Waals surface area (Å²) in [6.45, 7) is 9.21. The van der Waals surface area contributed by atoms with Crippen molar-refractivity contribution in [1.29, 1.82) is 0 Å². The first-order valence-electron chi connectivity index (χ1n) is 7.57. The zero-order valence-electron chi connectivity index (χ0n) is 13.1. The monoisotopic (exact) mass is 284 g/mol. The van der Waals surface area contributed by atoms with Gasteiger partial charge in [-0.3, -0.25) is 4.90 Å². The Labute approximate surface area is 127 Å².